The highest BCUT2D eigenvalue weighted by Crippen LogP contribution is 2.35. The topological polar surface area (TPSA) is 0 Å². The third kappa shape index (κ3) is 5.33. The third-order valence-corrected chi connectivity index (χ3v) is 5.77. The van der Waals surface area contributed by atoms with Crippen LogP contribution in [0.25, 0.3) is 0 Å². The Labute approximate surface area is 117 Å². The summed E-state index contributed by atoms with van der Waals surface area (Å²) < 4.78 is 0. The lowest BCUT2D eigenvalue weighted by molar-refractivity contribution is 0.155. The van der Waals surface area contributed by atoms with Crippen LogP contribution in [0.15, 0.2) is 0 Å². The fourth-order valence-corrected chi connectivity index (χ4v) is 3.14. The number of hydrogen-bond acceptors (Lipinski definition) is 0. The van der Waals surface area contributed by atoms with Gasteiger partial charge in [0.25, 0.3) is 0 Å². The predicted molar refractivity (Wildman–Crippen MR) is 84.7 cm³/mol. The van der Waals surface area contributed by atoms with Crippen LogP contribution in [-0.4, -0.2) is 0 Å². The average molecular weight is 255 g/mol. The van der Waals surface area contributed by atoms with Crippen molar-refractivity contribution in [3.63, 3.8) is 0 Å². The Balaban J connectivity index is 4.51. The van der Waals surface area contributed by atoms with Crippen LogP contribution in [-0.2, 0) is 0 Å². The molecule has 0 aromatic carbocycles. The van der Waals surface area contributed by atoms with Crippen molar-refractivity contribution in [2.75, 3.05) is 0 Å². The maximum Gasteiger partial charge on any atom is -0.0386 e. The Morgan fingerprint density at radius 2 is 1.06 bits per heavy atom. The minimum atomic E-state index is 0.812. The zero-order valence-corrected chi connectivity index (χ0v) is 14.5. The van der Waals surface area contributed by atoms with Crippen LogP contribution < -0.4 is 0 Å². The number of rotatable bonds is 8. The summed E-state index contributed by atoms with van der Waals surface area (Å²) in [7, 11) is 0. The van der Waals surface area contributed by atoms with E-state index in [1.165, 1.54) is 12.8 Å². The predicted octanol–water partition coefficient (Wildman–Crippen LogP) is 6.26. The van der Waals surface area contributed by atoms with Crippen molar-refractivity contribution in [3.8, 4) is 0 Å². The van der Waals surface area contributed by atoms with E-state index in [-0.39, 0.29) is 0 Å². The molecule has 5 unspecified atom stereocenters. The first-order valence-electron chi connectivity index (χ1n) is 8.22. The molecule has 110 valence electrons. The van der Waals surface area contributed by atoms with E-state index in [2.05, 4.69) is 62.3 Å². The molecule has 0 heteroatoms. The van der Waals surface area contributed by atoms with Crippen LogP contribution in [0.2, 0.25) is 0 Å². The molecule has 0 bridgehead atoms. The first-order valence-corrected chi connectivity index (χ1v) is 8.22. The molecule has 0 nitrogen and oxygen atoms in total. The SMILES string of the molecule is CCC(CC(C)C(C)C(C)C)C(C)C(C)C(C)C. The summed E-state index contributed by atoms with van der Waals surface area (Å²) in [5.41, 5.74) is 0. The van der Waals surface area contributed by atoms with Crippen LogP contribution in [0.1, 0.15) is 75.2 Å². The van der Waals surface area contributed by atoms with Gasteiger partial charge in [-0.3, -0.25) is 0 Å². The standard InChI is InChI=1S/C18H38/c1-10-18(17(9)16(8)13(4)5)11-14(6)15(7)12(2)3/h12-18H,10-11H2,1-9H3. The van der Waals surface area contributed by atoms with E-state index in [0.29, 0.717) is 0 Å². The molecule has 0 aliphatic heterocycles. The zero-order valence-electron chi connectivity index (χ0n) is 14.5. The summed E-state index contributed by atoms with van der Waals surface area (Å²) in [6.07, 6.45) is 2.75. The van der Waals surface area contributed by atoms with Gasteiger partial charge in [-0.15, -0.1) is 0 Å². The van der Waals surface area contributed by atoms with E-state index < -0.39 is 0 Å². The lowest BCUT2D eigenvalue weighted by Gasteiger charge is -2.34. The summed E-state index contributed by atoms with van der Waals surface area (Å²) in [4.78, 5) is 0. The molecule has 5 atom stereocenters. The van der Waals surface area contributed by atoms with Gasteiger partial charge in [0.05, 0.1) is 0 Å². The van der Waals surface area contributed by atoms with Gasteiger partial charge in [-0.05, 0) is 47.8 Å². The quantitative estimate of drug-likeness (QED) is 0.479. The van der Waals surface area contributed by atoms with Crippen molar-refractivity contribution in [2.24, 2.45) is 41.4 Å². The van der Waals surface area contributed by atoms with Crippen molar-refractivity contribution in [1.29, 1.82) is 0 Å². The van der Waals surface area contributed by atoms with Gasteiger partial charge in [0, 0.05) is 0 Å². The van der Waals surface area contributed by atoms with E-state index >= 15 is 0 Å². The molecule has 0 fully saturated rings. The fourth-order valence-electron chi connectivity index (χ4n) is 3.14. The molecule has 0 aromatic heterocycles. The normalized spacial score (nSPS) is 20.8. The molecule has 0 saturated heterocycles. The fraction of sp³-hybridized carbons (Fsp3) is 1.00. The molecule has 0 aliphatic carbocycles. The van der Waals surface area contributed by atoms with Gasteiger partial charge in [-0.1, -0.05) is 68.7 Å². The second-order valence-electron chi connectivity index (χ2n) is 7.45. The number of hydrogen-bond donors (Lipinski definition) is 0. The minimum Gasteiger partial charge on any atom is -0.0651 e. The van der Waals surface area contributed by atoms with Crippen molar-refractivity contribution >= 4 is 0 Å². The summed E-state index contributed by atoms with van der Waals surface area (Å²) in [5, 5.41) is 0. The lowest BCUT2D eigenvalue weighted by Crippen LogP contribution is -2.26. The van der Waals surface area contributed by atoms with E-state index in [1.807, 2.05) is 0 Å². The Morgan fingerprint density at radius 1 is 0.611 bits per heavy atom. The Morgan fingerprint density at radius 3 is 1.39 bits per heavy atom. The van der Waals surface area contributed by atoms with Gasteiger partial charge in [-0.25, -0.2) is 0 Å². The highest BCUT2D eigenvalue weighted by molar-refractivity contribution is 4.76. The van der Waals surface area contributed by atoms with Crippen LogP contribution in [0.5, 0.6) is 0 Å². The molecule has 0 N–H and O–H groups in total. The van der Waals surface area contributed by atoms with E-state index in [1.54, 1.807) is 0 Å². The molecule has 0 amide bonds. The van der Waals surface area contributed by atoms with Gasteiger partial charge in [0.1, 0.15) is 0 Å². The summed E-state index contributed by atoms with van der Waals surface area (Å²) in [6, 6.07) is 0. The molecule has 0 heterocycles. The van der Waals surface area contributed by atoms with Gasteiger partial charge in [0.15, 0.2) is 0 Å². The molecule has 0 spiro atoms. The van der Waals surface area contributed by atoms with Crippen LogP contribution in [0.4, 0.5) is 0 Å². The van der Waals surface area contributed by atoms with Gasteiger partial charge in [0.2, 0.25) is 0 Å². The smallest absolute Gasteiger partial charge is 0.0386 e. The first-order chi connectivity index (χ1) is 8.22. The third-order valence-electron chi connectivity index (χ3n) is 5.77. The van der Waals surface area contributed by atoms with Crippen LogP contribution >= 0.6 is 0 Å². The largest absolute Gasteiger partial charge is 0.0651 e. The highest BCUT2D eigenvalue weighted by atomic mass is 14.3. The van der Waals surface area contributed by atoms with Gasteiger partial charge in [-0.2, -0.15) is 0 Å². The lowest BCUT2D eigenvalue weighted by atomic mass is 9.71. The van der Waals surface area contributed by atoms with E-state index in [0.717, 1.165) is 41.4 Å². The van der Waals surface area contributed by atoms with Crippen LogP contribution in [0.3, 0.4) is 0 Å². The van der Waals surface area contributed by atoms with Crippen molar-refractivity contribution < 1.29 is 0 Å². The Hall–Kier alpha value is 0. The molecule has 0 aliphatic rings. The van der Waals surface area contributed by atoms with Crippen molar-refractivity contribution in [3.05, 3.63) is 0 Å². The molecule has 0 radical (unpaired) electrons. The summed E-state index contributed by atoms with van der Waals surface area (Å²) in [5.74, 6) is 5.94. The minimum absolute atomic E-state index is 0.812. The highest BCUT2D eigenvalue weighted by Gasteiger charge is 2.27. The Kier molecular flexibility index (Phi) is 8.23. The van der Waals surface area contributed by atoms with Gasteiger partial charge >= 0.3 is 0 Å². The first kappa shape index (κ1) is 18.0. The average Bonchev–Trinajstić information content (AvgIpc) is 2.32. The van der Waals surface area contributed by atoms with Crippen LogP contribution in [0, 0.1) is 41.4 Å². The second kappa shape index (κ2) is 8.23. The summed E-state index contributed by atoms with van der Waals surface area (Å²) >= 11 is 0. The maximum atomic E-state index is 2.48. The Bertz CT molecular complexity index is 204. The zero-order chi connectivity index (χ0) is 14.5. The summed E-state index contributed by atoms with van der Waals surface area (Å²) in [6.45, 7) is 21.6. The molecule has 18 heavy (non-hydrogen) atoms. The second-order valence-corrected chi connectivity index (χ2v) is 7.45. The van der Waals surface area contributed by atoms with Gasteiger partial charge < -0.3 is 0 Å². The molecule has 0 saturated carbocycles. The molecular weight excluding hydrogens is 216 g/mol. The van der Waals surface area contributed by atoms with Crippen molar-refractivity contribution in [2.45, 2.75) is 75.2 Å². The maximum absolute atomic E-state index is 2.48. The monoisotopic (exact) mass is 254 g/mol. The molecule has 0 aromatic rings. The molecule has 0 rings (SSSR count). The molecular formula is C18H38. The van der Waals surface area contributed by atoms with Crippen molar-refractivity contribution in [1.82, 2.24) is 0 Å². The van der Waals surface area contributed by atoms with E-state index in [9.17, 15) is 0 Å². The van der Waals surface area contributed by atoms with E-state index in [4.69, 9.17) is 0 Å².